The Hall–Kier alpha value is -1.31. The molecule has 0 aliphatic heterocycles. The van der Waals surface area contributed by atoms with E-state index in [0.717, 1.165) is 18.6 Å². The van der Waals surface area contributed by atoms with Gasteiger partial charge in [-0.25, -0.2) is 12.8 Å². The zero-order chi connectivity index (χ0) is 16.3. The molecule has 0 aliphatic rings. The van der Waals surface area contributed by atoms with Gasteiger partial charge in [0.05, 0.1) is 5.69 Å². The molecule has 1 unspecified atom stereocenters. The highest BCUT2D eigenvalue weighted by atomic mass is 32.2. The molecule has 8 heteroatoms. The normalized spacial score (nSPS) is 14.0. The highest BCUT2D eigenvalue weighted by Crippen LogP contribution is 2.35. The molecule has 1 aromatic rings. The van der Waals surface area contributed by atoms with Gasteiger partial charge in [0.2, 0.25) is 0 Å². The van der Waals surface area contributed by atoms with Crippen molar-refractivity contribution in [2.75, 3.05) is 5.32 Å². The third-order valence-electron chi connectivity index (χ3n) is 3.03. The van der Waals surface area contributed by atoms with Crippen LogP contribution in [0.25, 0.3) is 0 Å². The van der Waals surface area contributed by atoms with Gasteiger partial charge in [0, 0.05) is 6.04 Å². The fraction of sp³-hybridized carbons (Fsp3) is 0.538. The molecule has 1 rings (SSSR count). The molecule has 0 heterocycles. The Labute approximate surface area is 121 Å². The van der Waals surface area contributed by atoms with Crippen molar-refractivity contribution in [3.05, 3.63) is 24.0 Å². The summed E-state index contributed by atoms with van der Waals surface area (Å²) >= 11 is 0. The van der Waals surface area contributed by atoms with Crippen LogP contribution >= 0.6 is 0 Å². The van der Waals surface area contributed by atoms with Crippen LogP contribution in [0.4, 0.5) is 23.2 Å². The average molecular weight is 327 g/mol. The molecule has 0 spiro atoms. The Kier molecular flexibility index (Phi) is 5.61. The third kappa shape index (κ3) is 4.09. The molecule has 120 valence electrons. The van der Waals surface area contributed by atoms with Crippen molar-refractivity contribution in [2.45, 2.75) is 49.6 Å². The molecule has 0 aromatic heterocycles. The van der Waals surface area contributed by atoms with E-state index >= 15 is 0 Å². The van der Waals surface area contributed by atoms with E-state index in [-0.39, 0.29) is 11.7 Å². The Morgan fingerprint density at radius 3 is 2.33 bits per heavy atom. The predicted octanol–water partition coefficient (Wildman–Crippen LogP) is 4.11. The summed E-state index contributed by atoms with van der Waals surface area (Å²) in [6.45, 7) is 3.73. The van der Waals surface area contributed by atoms with Crippen LogP contribution in [-0.2, 0) is 9.84 Å². The maximum absolute atomic E-state index is 13.2. The van der Waals surface area contributed by atoms with Crippen molar-refractivity contribution in [3.8, 4) is 0 Å². The lowest BCUT2D eigenvalue weighted by molar-refractivity contribution is -0.0435. The molecule has 21 heavy (non-hydrogen) atoms. The van der Waals surface area contributed by atoms with Gasteiger partial charge in [-0.1, -0.05) is 20.3 Å². The molecule has 0 aliphatic carbocycles. The largest absolute Gasteiger partial charge is 0.501 e. The Bertz CT molecular complexity index is 584. The number of hydrogen-bond acceptors (Lipinski definition) is 3. The summed E-state index contributed by atoms with van der Waals surface area (Å²) < 4.78 is 74.2. The maximum atomic E-state index is 13.2. The van der Waals surface area contributed by atoms with Gasteiger partial charge in [-0.2, -0.15) is 13.2 Å². The fourth-order valence-corrected chi connectivity index (χ4v) is 2.84. The predicted molar refractivity (Wildman–Crippen MR) is 72.3 cm³/mol. The highest BCUT2D eigenvalue weighted by molar-refractivity contribution is 7.92. The number of anilines is 1. The van der Waals surface area contributed by atoms with Crippen molar-refractivity contribution in [1.82, 2.24) is 0 Å². The van der Waals surface area contributed by atoms with Gasteiger partial charge < -0.3 is 5.32 Å². The zero-order valence-electron chi connectivity index (χ0n) is 11.7. The van der Waals surface area contributed by atoms with Crippen LogP contribution in [0.5, 0.6) is 0 Å². The van der Waals surface area contributed by atoms with Crippen LogP contribution in [0.3, 0.4) is 0 Å². The highest BCUT2D eigenvalue weighted by Gasteiger charge is 2.48. The minimum atomic E-state index is -5.60. The number of halogens is 4. The smallest absolute Gasteiger partial charge is 0.381 e. The number of sulfone groups is 1. The lowest BCUT2D eigenvalue weighted by atomic mass is 10.1. The summed E-state index contributed by atoms with van der Waals surface area (Å²) in [5, 5.41) is 2.76. The molecule has 0 saturated carbocycles. The van der Waals surface area contributed by atoms with Gasteiger partial charge >= 0.3 is 5.51 Å². The zero-order valence-corrected chi connectivity index (χ0v) is 12.5. The van der Waals surface area contributed by atoms with Crippen LogP contribution in [0, 0.1) is 5.82 Å². The molecule has 1 N–H and O–H groups in total. The average Bonchev–Trinajstić information content (AvgIpc) is 2.38. The standard InChI is InChI=1S/C13H17F4NO2S/c1-3-5-10(4-2)18-11-7-6-9(14)8-12(11)21(19,20)13(15,16)17/h6-8,10,18H,3-5H2,1-2H3. The Balaban J connectivity index is 3.30. The summed E-state index contributed by atoms with van der Waals surface area (Å²) in [6.07, 6.45) is 2.06. The second-order valence-electron chi connectivity index (χ2n) is 4.63. The van der Waals surface area contributed by atoms with E-state index in [1.54, 1.807) is 0 Å². The van der Waals surface area contributed by atoms with Gasteiger partial charge in [-0.3, -0.25) is 0 Å². The maximum Gasteiger partial charge on any atom is 0.501 e. The molecule has 1 aromatic carbocycles. The second-order valence-corrected chi connectivity index (χ2v) is 6.54. The molecule has 0 fully saturated rings. The molecular formula is C13H17F4NO2S. The second kappa shape index (κ2) is 6.64. The third-order valence-corrected chi connectivity index (χ3v) is 4.55. The summed E-state index contributed by atoms with van der Waals surface area (Å²) in [7, 11) is -5.60. The van der Waals surface area contributed by atoms with Gasteiger partial charge in [0.25, 0.3) is 9.84 Å². The van der Waals surface area contributed by atoms with E-state index in [9.17, 15) is 26.0 Å². The minimum absolute atomic E-state index is 0.178. The van der Waals surface area contributed by atoms with Crippen molar-refractivity contribution in [2.24, 2.45) is 0 Å². The van der Waals surface area contributed by atoms with Crippen LogP contribution in [-0.4, -0.2) is 20.0 Å². The molecular weight excluding hydrogens is 310 g/mol. The SMILES string of the molecule is CCCC(CC)Nc1ccc(F)cc1S(=O)(=O)C(F)(F)F. The summed E-state index contributed by atoms with van der Waals surface area (Å²) in [5.74, 6) is -1.04. The summed E-state index contributed by atoms with van der Waals surface area (Å²) in [6, 6.07) is 2.16. The summed E-state index contributed by atoms with van der Waals surface area (Å²) in [4.78, 5) is -1.08. The number of rotatable bonds is 6. The number of nitrogens with one attached hydrogen (secondary N) is 1. The monoisotopic (exact) mass is 327 g/mol. The van der Waals surface area contributed by atoms with Gasteiger partial charge in [-0.05, 0) is 31.0 Å². The topological polar surface area (TPSA) is 46.2 Å². The number of benzene rings is 1. The molecule has 0 saturated heterocycles. The van der Waals surface area contributed by atoms with Gasteiger partial charge in [0.15, 0.2) is 0 Å². The van der Waals surface area contributed by atoms with E-state index < -0.39 is 26.1 Å². The van der Waals surface area contributed by atoms with Gasteiger partial charge in [-0.15, -0.1) is 0 Å². The Morgan fingerprint density at radius 1 is 1.24 bits per heavy atom. The first kappa shape index (κ1) is 17.7. The lowest BCUT2D eigenvalue weighted by Gasteiger charge is -2.20. The van der Waals surface area contributed by atoms with Crippen molar-refractivity contribution in [3.63, 3.8) is 0 Å². The first-order valence-electron chi connectivity index (χ1n) is 6.50. The minimum Gasteiger partial charge on any atom is -0.381 e. The van der Waals surface area contributed by atoms with Crippen molar-refractivity contribution < 1.29 is 26.0 Å². The van der Waals surface area contributed by atoms with E-state index in [0.29, 0.717) is 18.9 Å². The fourth-order valence-electron chi connectivity index (χ4n) is 1.91. The van der Waals surface area contributed by atoms with Gasteiger partial charge in [0.1, 0.15) is 10.7 Å². The van der Waals surface area contributed by atoms with Crippen LogP contribution in [0.1, 0.15) is 33.1 Å². The molecule has 0 bridgehead atoms. The van der Waals surface area contributed by atoms with Crippen molar-refractivity contribution >= 4 is 15.5 Å². The molecule has 0 radical (unpaired) electrons. The summed E-state index contributed by atoms with van der Waals surface area (Å²) in [5.41, 5.74) is -5.70. The lowest BCUT2D eigenvalue weighted by Crippen LogP contribution is -2.26. The Morgan fingerprint density at radius 2 is 1.86 bits per heavy atom. The van der Waals surface area contributed by atoms with E-state index in [4.69, 9.17) is 0 Å². The first-order chi connectivity index (χ1) is 9.63. The van der Waals surface area contributed by atoms with E-state index in [1.807, 2.05) is 13.8 Å². The quantitative estimate of drug-likeness (QED) is 0.800. The van der Waals surface area contributed by atoms with Crippen LogP contribution in [0.2, 0.25) is 0 Å². The molecule has 3 nitrogen and oxygen atoms in total. The van der Waals surface area contributed by atoms with Crippen LogP contribution in [0.15, 0.2) is 23.1 Å². The van der Waals surface area contributed by atoms with E-state index in [2.05, 4.69) is 5.32 Å². The molecule has 0 amide bonds. The van der Waals surface area contributed by atoms with E-state index in [1.165, 1.54) is 0 Å². The first-order valence-corrected chi connectivity index (χ1v) is 7.99. The number of hydrogen-bond donors (Lipinski definition) is 1. The number of alkyl halides is 3. The van der Waals surface area contributed by atoms with Crippen molar-refractivity contribution in [1.29, 1.82) is 0 Å². The van der Waals surface area contributed by atoms with Crippen LogP contribution < -0.4 is 5.32 Å². The molecule has 1 atom stereocenters.